The summed E-state index contributed by atoms with van der Waals surface area (Å²) in [7, 11) is 0. The van der Waals surface area contributed by atoms with Gasteiger partial charge in [-0.05, 0) is 38.6 Å². The number of hydrogen-bond donors (Lipinski definition) is 1. The van der Waals surface area contributed by atoms with E-state index in [1.807, 2.05) is 11.8 Å². The van der Waals surface area contributed by atoms with Crippen LogP contribution in [0.2, 0.25) is 0 Å². The van der Waals surface area contributed by atoms with Crippen LogP contribution >= 0.6 is 11.8 Å². The van der Waals surface area contributed by atoms with Crippen molar-refractivity contribution >= 4 is 16.9 Å². The molecule has 3 aliphatic heterocycles. The molecule has 4 unspecified atom stereocenters. The zero-order valence-corrected chi connectivity index (χ0v) is 11.7. The number of nitrogens with one attached hydrogen (secondary N) is 1. The molecule has 3 heterocycles. The van der Waals surface area contributed by atoms with Gasteiger partial charge in [-0.2, -0.15) is 0 Å². The van der Waals surface area contributed by atoms with Crippen LogP contribution in [-0.2, 0) is 0 Å². The lowest BCUT2D eigenvalue weighted by Gasteiger charge is -2.29. The zero-order chi connectivity index (χ0) is 11.8. The van der Waals surface area contributed by atoms with Gasteiger partial charge in [0.05, 0.1) is 6.04 Å². The Morgan fingerprint density at radius 3 is 3.00 bits per heavy atom. The van der Waals surface area contributed by atoms with Gasteiger partial charge in [-0.3, -0.25) is 9.89 Å². The highest BCUT2D eigenvalue weighted by Gasteiger charge is 2.37. The van der Waals surface area contributed by atoms with E-state index in [0.29, 0.717) is 12.1 Å². The van der Waals surface area contributed by atoms with Crippen molar-refractivity contribution in [2.45, 2.75) is 51.2 Å². The number of amidine groups is 1. The quantitative estimate of drug-likeness (QED) is 0.774. The highest BCUT2D eigenvalue weighted by molar-refractivity contribution is 8.13. The second kappa shape index (κ2) is 4.81. The second-order valence-electron chi connectivity index (χ2n) is 5.76. The Hall–Kier alpha value is -0.220. The van der Waals surface area contributed by atoms with Crippen molar-refractivity contribution in [1.29, 1.82) is 0 Å². The molecule has 96 valence electrons. The Morgan fingerprint density at radius 1 is 1.29 bits per heavy atom. The van der Waals surface area contributed by atoms with Gasteiger partial charge in [0.1, 0.15) is 0 Å². The van der Waals surface area contributed by atoms with Crippen LogP contribution in [0.25, 0.3) is 0 Å². The van der Waals surface area contributed by atoms with E-state index in [4.69, 9.17) is 4.99 Å². The molecule has 3 fully saturated rings. The molecule has 0 aliphatic carbocycles. The van der Waals surface area contributed by atoms with Gasteiger partial charge in [-0.1, -0.05) is 18.7 Å². The van der Waals surface area contributed by atoms with Gasteiger partial charge in [0.15, 0.2) is 5.17 Å². The van der Waals surface area contributed by atoms with Gasteiger partial charge in [0, 0.05) is 24.4 Å². The molecule has 3 rings (SSSR count). The molecule has 17 heavy (non-hydrogen) atoms. The summed E-state index contributed by atoms with van der Waals surface area (Å²) in [6.45, 7) is 7.16. The molecule has 0 bridgehead atoms. The largest absolute Gasteiger partial charge is 0.362 e. The van der Waals surface area contributed by atoms with E-state index < -0.39 is 0 Å². The third-order valence-electron chi connectivity index (χ3n) is 4.54. The predicted octanol–water partition coefficient (Wildman–Crippen LogP) is 1.94. The number of rotatable bonds is 1. The summed E-state index contributed by atoms with van der Waals surface area (Å²) in [5.74, 6) is 1.97. The summed E-state index contributed by atoms with van der Waals surface area (Å²) in [4.78, 5) is 7.62. The number of nitrogens with zero attached hydrogens (tertiary/aromatic N) is 2. The van der Waals surface area contributed by atoms with Crippen molar-refractivity contribution in [1.82, 2.24) is 10.2 Å². The third-order valence-corrected chi connectivity index (χ3v) is 5.73. The molecule has 4 atom stereocenters. The molecule has 0 saturated carbocycles. The summed E-state index contributed by atoms with van der Waals surface area (Å²) in [5, 5.41) is 4.77. The van der Waals surface area contributed by atoms with Gasteiger partial charge in [0.25, 0.3) is 0 Å². The van der Waals surface area contributed by atoms with Crippen molar-refractivity contribution in [2.24, 2.45) is 10.9 Å². The van der Waals surface area contributed by atoms with Crippen molar-refractivity contribution < 1.29 is 0 Å². The molecule has 4 heteroatoms. The first kappa shape index (κ1) is 11.8. The molecule has 1 N–H and O–H groups in total. The molecule has 0 radical (unpaired) electrons. The molecule has 0 aromatic heterocycles. The zero-order valence-electron chi connectivity index (χ0n) is 10.9. The molecule has 3 nitrogen and oxygen atoms in total. The number of thioether (sulfide) groups is 1. The van der Waals surface area contributed by atoms with Crippen LogP contribution in [0, 0.1) is 5.92 Å². The van der Waals surface area contributed by atoms with Crippen LogP contribution in [0.1, 0.15) is 33.1 Å². The lowest BCUT2D eigenvalue weighted by atomic mass is 10.1. The third kappa shape index (κ3) is 2.34. The fourth-order valence-corrected chi connectivity index (χ4v) is 4.35. The summed E-state index contributed by atoms with van der Waals surface area (Å²) >= 11 is 1.92. The van der Waals surface area contributed by atoms with Crippen LogP contribution in [0.4, 0.5) is 0 Å². The smallest absolute Gasteiger partial charge is 0.157 e. The van der Waals surface area contributed by atoms with Crippen LogP contribution in [-0.4, -0.2) is 47.0 Å². The molecular weight excluding hydrogens is 230 g/mol. The van der Waals surface area contributed by atoms with Crippen molar-refractivity contribution in [2.75, 3.05) is 18.8 Å². The molecular formula is C13H23N3S. The van der Waals surface area contributed by atoms with Gasteiger partial charge in [-0.15, -0.1) is 0 Å². The maximum atomic E-state index is 4.99. The average molecular weight is 253 g/mol. The lowest BCUT2D eigenvalue weighted by molar-refractivity contribution is 0.314. The minimum Gasteiger partial charge on any atom is -0.362 e. The maximum absolute atomic E-state index is 4.99. The van der Waals surface area contributed by atoms with Crippen molar-refractivity contribution in [3.63, 3.8) is 0 Å². The van der Waals surface area contributed by atoms with E-state index in [1.54, 1.807) is 0 Å². The van der Waals surface area contributed by atoms with Crippen LogP contribution in [0.5, 0.6) is 0 Å². The number of aliphatic imine (C=N–C) groups is 1. The maximum Gasteiger partial charge on any atom is 0.157 e. The Kier molecular flexibility index (Phi) is 3.35. The Bertz CT molecular complexity index is 318. The number of fused-ring (bicyclic) bond motifs is 1. The highest BCUT2D eigenvalue weighted by Crippen LogP contribution is 2.31. The molecule has 0 spiro atoms. The summed E-state index contributed by atoms with van der Waals surface area (Å²) in [5.41, 5.74) is 0. The fourth-order valence-electron chi connectivity index (χ4n) is 3.16. The Labute approximate surface area is 108 Å². The van der Waals surface area contributed by atoms with E-state index in [9.17, 15) is 0 Å². The molecule has 0 aromatic rings. The first-order valence-electron chi connectivity index (χ1n) is 6.95. The highest BCUT2D eigenvalue weighted by atomic mass is 32.2. The van der Waals surface area contributed by atoms with Crippen molar-refractivity contribution in [3.05, 3.63) is 0 Å². The average Bonchev–Trinajstić information content (AvgIpc) is 2.88. The van der Waals surface area contributed by atoms with Gasteiger partial charge in [-0.25, -0.2) is 0 Å². The van der Waals surface area contributed by atoms with Crippen LogP contribution in [0.15, 0.2) is 4.99 Å². The monoisotopic (exact) mass is 253 g/mol. The predicted molar refractivity (Wildman–Crippen MR) is 74.7 cm³/mol. The lowest BCUT2D eigenvalue weighted by Crippen LogP contribution is -2.42. The topological polar surface area (TPSA) is 27.6 Å². The molecule has 0 aromatic carbocycles. The first-order valence-corrected chi connectivity index (χ1v) is 7.94. The van der Waals surface area contributed by atoms with Crippen molar-refractivity contribution in [3.8, 4) is 0 Å². The van der Waals surface area contributed by atoms with E-state index in [2.05, 4.69) is 24.1 Å². The van der Waals surface area contributed by atoms with Gasteiger partial charge < -0.3 is 5.32 Å². The first-order chi connectivity index (χ1) is 8.24. The standard InChI is InChI=1S/C13H23N3S/c1-9-8-17-13(14-10(9)2)15-11-5-7-16-6-3-4-12(11)16/h9-12H,3-8H2,1-2H3,(H,14,15). The van der Waals surface area contributed by atoms with Gasteiger partial charge in [0.2, 0.25) is 0 Å². The van der Waals surface area contributed by atoms with Gasteiger partial charge >= 0.3 is 0 Å². The summed E-state index contributed by atoms with van der Waals surface area (Å²) in [6.07, 6.45) is 4.00. The van der Waals surface area contributed by atoms with Crippen LogP contribution in [0.3, 0.4) is 0 Å². The van der Waals surface area contributed by atoms with E-state index in [-0.39, 0.29) is 0 Å². The second-order valence-corrected chi connectivity index (χ2v) is 6.77. The Balaban J connectivity index is 1.65. The van der Waals surface area contributed by atoms with E-state index >= 15 is 0 Å². The minimum atomic E-state index is 0.563. The molecule has 0 amide bonds. The molecule has 3 aliphatic rings. The van der Waals surface area contributed by atoms with E-state index in [1.165, 1.54) is 43.3 Å². The summed E-state index contributed by atoms with van der Waals surface area (Å²) < 4.78 is 0. The minimum absolute atomic E-state index is 0.563. The SMILES string of the molecule is CC1CSC(=NC2CCN3CCCC23)NC1C. The normalized spacial score (nSPS) is 44.9. The Morgan fingerprint density at radius 2 is 2.18 bits per heavy atom. The fraction of sp³-hybridized carbons (Fsp3) is 0.923. The molecule has 3 saturated heterocycles. The summed E-state index contributed by atoms with van der Waals surface area (Å²) in [6, 6.07) is 1.89. The van der Waals surface area contributed by atoms with E-state index in [0.717, 1.165) is 12.0 Å². The number of hydrogen-bond acceptors (Lipinski definition) is 3. The van der Waals surface area contributed by atoms with Crippen LogP contribution < -0.4 is 5.32 Å².